The van der Waals surface area contributed by atoms with Gasteiger partial charge >= 0.3 is 15.6 Å². The third-order valence-electron chi connectivity index (χ3n) is 16.8. The number of phosphoric acid groups is 2. The molecule has 0 radical (unpaired) electrons. The number of rotatable bonds is 59. The van der Waals surface area contributed by atoms with Gasteiger partial charge in [0.25, 0.3) is 0 Å². The van der Waals surface area contributed by atoms with Crippen LogP contribution in [0, 0.1) is 5.92 Å². The molecule has 522 valence electrons. The summed E-state index contributed by atoms with van der Waals surface area (Å²) in [5, 5.41) is 17.8. The fraction of sp³-hybridized carbons (Fsp3) is 0.909. The molecule has 23 heteroatoms. The molecule has 0 bridgehead atoms. The van der Waals surface area contributed by atoms with Gasteiger partial charge in [-0.05, 0) is 57.8 Å². The number of carbonyl (C=O) groups excluding carboxylic acids is 4. The van der Waals surface area contributed by atoms with Crippen LogP contribution in [0.3, 0.4) is 0 Å². The molecule has 2 aliphatic rings. The molecule has 2 aliphatic heterocycles. The summed E-state index contributed by atoms with van der Waals surface area (Å²) in [5.41, 5.74) is 0. The minimum Gasteiger partial charge on any atom is -0.388 e. The standard InChI is InChI=1S/C66H124N2O19P2/c1-6-10-14-18-21-24-25-26-27-28-29-31-33-37-41-45-57(71)67-60-64(82-48-46-53(50-69)43-39-35-17-13-9-4)62(86-88(74,75)76)56(51-80-5)85-65(60)83-52-55-61(73)63(81-47-42-38-34-23-20-16-12-8-3)59(66(84-55)87-89(77,78)79)68-58(72)49-54(70)44-40-36-32-30-22-19-15-11-7-2/h24-25,50,53,55-56,59-66,73H,6-23,26-49,51-52H2,1-5H3,(H,67,71)(H,68,72)(H2,74,75,76)(H2,77,78,79). The van der Waals surface area contributed by atoms with E-state index < -0.39 is 108 Å². The van der Waals surface area contributed by atoms with Crippen molar-refractivity contribution in [3.63, 3.8) is 0 Å². The van der Waals surface area contributed by atoms with Crippen molar-refractivity contribution >= 4 is 39.5 Å². The van der Waals surface area contributed by atoms with E-state index in [-0.39, 0.29) is 44.9 Å². The maximum absolute atomic E-state index is 14.1. The second-order valence-electron chi connectivity index (χ2n) is 24.9. The summed E-state index contributed by atoms with van der Waals surface area (Å²) in [6.45, 7) is 7.69. The maximum atomic E-state index is 14.1. The monoisotopic (exact) mass is 1310 g/mol. The Morgan fingerprint density at radius 2 is 0.933 bits per heavy atom. The molecule has 21 nitrogen and oxygen atoms in total. The number of aliphatic hydroxyl groups is 1. The van der Waals surface area contributed by atoms with Gasteiger partial charge in [0.2, 0.25) is 11.8 Å². The number of aliphatic hydroxyl groups excluding tert-OH is 1. The van der Waals surface area contributed by atoms with Crippen molar-refractivity contribution in [1.82, 2.24) is 10.6 Å². The number of phosphoric ester groups is 2. The lowest BCUT2D eigenvalue weighted by atomic mass is 9.95. The predicted octanol–water partition coefficient (Wildman–Crippen LogP) is 13.4. The Bertz CT molecular complexity index is 1930. The SMILES string of the molecule is CCCCCCC=CCCCCCCCCCC(=O)NC1C(OCC2OC(OP(=O)(O)O)C(NC(=O)CC(=O)CCCCCCCCCCC)C(OCCCCCCCCCC)C2O)OC(COC)C(OP(=O)(O)O)C1OCCC(C=O)CCCCCCC. The maximum Gasteiger partial charge on any atom is 0.472 e. The van der Waals surface area contributed by atoms with Crippen LogP contribution in [-0.4, -0.2) is 143 Å². The number of ether oxygens (including phenoxy) is 6. The zero-order valence-corrected chi connectivity index (χ0v) is 57.3. The van der Waals surface area contributed by atoms with Crippen LogP contribution < -0.4 is 10.6 Å². The molecule has 2 rings (SSSR count). The van der Waals surface area contributed by atoms with Gasteiger partial charge in [-0.15, -0.1) is 0 Å². The molecule has 7 N–H and O–H groups in total. The summed E-state index contributed by atoms with van der Waals surface area (Å²) in [7, 11) is -9.37. The van der Waals surface area contributed by atoms with Gasteiger partial charge in [-0.2, -0.15) is 0 Å². The minimum atomic E-state index is -5.41. The predicted molar refractivity (Wildman–Crippen MR) is 346 cm³/mol. The van der Waals surface area contributed by atoms with Gasteiger partial charge in [-0.25, -0.2) is 9.13 Å². The van der Waals surface area contributed by atoms with Crippen molar-refractivity contribution in [3.05, 3.63) is 12.2 Å². The van der Waals surface area contributed by atoms with Crippen LogP contribution in [-0.2, 0) is 65.8 Å². The number of allylic oxidation sites excluding steroid dienone is 2. The number of hydrogen-bond acceptors (Lipinski definition) is 15. The van der Waals surface area contributed by atoms with Crippen molar-refractivity contribution in [1.29, 1.82) is 0 Å². The van der Waals surface area contributed by atoms with Gasteiger partial charge in [0.1, 0.15) is 60.8 Å². The smallest absolute Gasteiger partial charge is 0.388 e. The van der Waals surface area contributed by atoms with Crippen LogP contribution in [0.4, 0.5) is 0 Å². The molecule has 0 aliphatic carbocycles. The quantitative estimate of drug-likeness (QED) is 0.00978. The highest BCUT2D eigenvalue weighted by atomic mass is 31.2. The first-order valence-electron chi connectivity index (χ1n) is 34.9. The zero-order valence-electron chi connectivity index (χ0n) is 55.5. The molecule has 0 spiro atoms. The number of unbranched alkanes of at least 4 members (excludes halogenated alkanes) is 30. The van der Waals surface area contributed by atoms with Crippen LogP contribution in [0.2, 0.25) is 0 Å². The van der Waals surface area contributed by atoms with E-state index in [9.17, 15) is 53.0 Å². The highest BCUT2D eigenvalue weighted by Crippen LogP contribution is 2.44. The Kier molecular flexibility index (Phi) is 48.8. The van der Waals surface area contributed by atoms with Gasteiger partial charge in [0.15, 0.2) is 12.6 Å². The lowest BCUT2D eigenvalue weighted by Gasteiger charge is -2.47. The molecule has 89 heavy (non-hydrogen) atoms. The summed E-state index contributed by atoms with van der Waals surface area (Å²) >= 11 is 0. The first-order valence-corrected chi connectivity index (χ1v) is 38.0. The second kappa shape index (κ2) is 52.3. The van der Waals surface area contributed by atoms with Gasteiger partial charge in [0.05, 0.1) is 19.6 Å². The molecule has 0 saturated carbocycles. The van der Waals surface area contributed by atoms with Crippen LogP contribution in [0.25, 0.3) is 0 Å². The Morgan fingerprint density at radius 3 is 1.46 bits per heavy atom. The first kappa shape index (κ1) is 83.1. The van der Waals surface area contributed by atoms with E-state index in [0.717, 1.165) is 160 Å². The number of Topliss-reactive ketones (excluding diaryl/α,β-unsaturated/α-hetero) is 1. The molecule has 0 aromatic carbocycles. The Morgan fingerprint density at radius 1 is 0.483 bits per heavy atom. The number of nitrogens with one attached hydrogen (secondary N) is 2. The molecule has 11 atom stereocenters. The molecular weight excluding hydrogens is 1190 g/mol. The molecule has 2 amide bonds. The zero-order chi connectivity index (χ0) is 65.4. The van der Waals surface area contributed by atoms with Gasteiger partial charge in [0, 0.05) is 39.1 Å². The van der Waals surface area contributed by atoms with Gasteiger partial charge in [-0.3, -0.25) is 23.4 Å². The topological polar surface area (TPSA) is 301 Å². The van der Waals surface area contributed by atoms with Crippen LogP contribution in [0.5, 0.6) is 0 Å². The molecule has 2 fully saturated rings. The lowest BCUT2D eigenvalue weighted by Crippen LogP contribution is -2.67. The van der Waals surface area contributed by atoms with Gasteiger partial charge < -0.3 is 68.5 Å². The van der Waals surface area contributed by atoms with Crippen molar-refractivity contribution in [3.8, 4) is 0 Å². The third-order valence-corrected chi connectivity index (χ3v) is 17.8. The Balaban J connectivity index is 2.45. The average Bonchev–Trinajstić information content (AvgIpc) is 1.50. The van der Waals surface area contributed by atoms with E-state index in [1.165, 1.54) is 58.5 Å². The minimum absolute atomic E-state index is 0.0658. The Hall–Kier alpha value is -2.04. The molecule has 2 saturated heterocycles. The molecule has 0 aromatic heterocycles. The number of ketones is 1. The normalized spacial score (nSPS) is 22.8. The van der Waals surface area contributed by atoms with E-state index >= 15 is 0 Å². The van der Waals surface area contributed by atoms with Crippen LogP contribution in [0.15, 0.2) is 12.2 Å². The number of carbonyl (C=O) groups is 4. The van der Waals surface area contributed by atoms with Crippen molar-refractivity contribution in [2.45, 2.75) is 346 Å². The molecule has 0 aromatic rings. The number of methoxy groups -OCH3 is 1. The van der Waals surface area contributed by atoms with Gasteiger partial charge in [-0.1, -0.05) is 220 Å². The molecule has 2 heterocycles. The summed E-state index contributed by atoms with van der Waals surface area (Å²) in [6.07, 6.45) is 29.4. The van der Waals surface area contributed by atoms with Crippen LogP contribution in [0.1, 0.15) is 285 Å². The number of hydrogen-bond donors (Lipinski definition) is 7. The van der Waals surface area contributed by atoms with E-state index in [1.54, 1.807) is 0 Å². The fourth-order valence-corrected chi connectivity index (χ4v) is 12.7. The first-order chi connectivity index (χ1) is 42.9. The van der Waals surface area contributed by atoms with E-state index in [0.29, 0.717) is 25.7 Å². The summed E-state index contributed by atoms with van der Waals surface area (Å²) in [4.78, 5) is 94.4. The molecule has 11 unspecified atom stereocenters. The average molecular weight is 1310 g/mol. The molecular formula is C66H124N2O19P2. The fourth-order valence-electron chi connectivity index (χ4n) is 11.7. The Labute approximate surface area is 535 Å². The van der Waals surface area contributed by atoms with E-state index in [2.05, 4.69) is 50.5 Å². The third kappa shape index (κ3) is 40.7. The summed E-state index contributed by atoms with van der Waals surface area (Å²) in [6, 6.07) is -2.90. The van der Waals surface area contributed by atoms with E-state index in [1.807, 2.05) is 0 Å². The van der Waals surface area contributed by atoms with Crippen molar-refractivity contribution < 1.29 is 90.5 Å². The second-order valence-corrected chi connectivity index (χ2v) is 27.3. The summed E-state index contributed by atoms with van der Waals surface area (Å²) in [5.74, 6) is -1.97. The largest absolute Gasteiger partial charge is 0.472 e. The number of amides is 2. The lowest BCUT2D eigenvalue weighted by molar-refractivity contribution is -0.300. The van der Waals surface area contributed by atoms with E-state index in [4.69, 9.17) is 37.5 Å². The van der Waals surface area contributed by atoms with Crippen molar-refractivity contribution in [2.24, 2.45) is 5.92 Å². The number of aldehydes is 1. The van der Waals surface area contributed by atoms with Crippen LogP contribution >= 0.6 is 15.6 Å². The highest BCUT2D eigenvalue weighted by Gasteiger charge is 2.53. The highest BCUT2D eigenvalue weighted by molar-refractivity contribution is 7.46. The van der Waals surface area contributed by atoms with Crippen molar-refractivity contribution in [2.75, 3.05) is 33.5 Å². The summed E-state index contributed by atoms with van der Waals surface area (Å²) < 4.78 is 73.2.